The number of piperazine rings is 1. The van der Waals surface area contributed by atoms with Gasteiger partial charge in [0.25, 0.3) is 0 Å². The normalized spacial score (nSPS) is 14.7. The quantitative estimate of drug-likeness (QED) is 0.504. The van der Waals surface area contributed by atoms with Crippen LogP contribution in [0, 0.1) is 5.82 Å². The SMILES string of the molecule is O=C(Cc1ccc2ccccc2c1)N1CCN(c2nc3c(F)cccc3s2)CC1. The monoisotopic (exact) mass is 405 g/mol. The van der Waals surface area contributed by atoms with E-state index in [9.17, 15) is 9.18 Å². The van der Waals surface area contributed by atoms with E-state index in [-0.39, 0.29) is 11.7 Å². The van der Waals surface area contributed by atoms with Gasteiger partial charge in [-0.1, -0.05) is 59.9 Å². The van der Waals surface area contributed by atoms with Crippen molar-refractivity contribution < 1.29 is 9.18 Å². The molecule has 1 amide bonds. The molecule has 0 aliphatic carbocycles. The number of rotatable bonds is 3. The molecule has 1 aromatic heterocycles. The lowest BCUT2D eigenvalue weighted by Gasteiger charge is -2.34. The molecule has 3 aromatic carbocycles. The first kappa shape index (κ1) is 18.1. The molecule has 5 rings (SSSR count). The maximum absolute atomic E-state index is 13.9. The summed E-state index contributed by atoms with van der Waals surface area (Å²) < 4.78 is 14.8. The lowest BCUT2D eigenvalue weighted by molar-refractivity contribution is -0.130. The van der Waals surface area contributed by atoms with Crippen LogP contribution in [-0.4, -0.2) is 42.0 Å². The Bertz CT molecular complexity index is 1200. The van der Waals surface area contributed by atoms with E-state index in [4.69, 9.17) is 0 Å². The molecule has 1 saturated heterocycles. The number of thiazole rings is 1. The zero-order chi connectivity index (χ0) is 19.8. The summed E-state index contributed by atoms with van der Waals surface area (Å²) in [6, 6.07) is 19.4. The molecule has 0 spiro atoms. The van der Waals surface area contributed by atoms with E-state index in [2.05, 4.69) is 34.1 Å². The summed E-state index contributed by atoms with van der Waals surface area (Å²) in [7, 11) is 0. The molecule has 0 saturated carbocycles. The van der Waals surface area contributed by atoms with E-state index in [1.807, 2.05) is 29.2 Å². The van der Waals surface area contributed by atoms with Gasteiger partial charge in [-0.2, -0.15) is 0 Å². The van der Waals surface area contributed by atoms with Crippen LogP contribution in [0.5, 0.6) is 0 Å². The minimum absolute atomic E-state index is 0.148. The van der Waals surface area contributed by atoms with Crippen LogP contribution in [0.15, 0.2) is 60.7 Å². The maximum atomic E-state index is 13.9. The van der Waals surface area contributed by atoms with Crippen LogP contribution in [0.4, 0.5) is 9.52 Å². The highest BCUT2D eigenvalue weighted by molar-refractivity contribution is 7.22. The van der Waals surface area contributed by atoms with E-state index in [1.165, 1.54) is 22.8 Å². The molecule has 1 aliphatic rings. The molecule has 6 heteroatoms. The lowest BCUT2D eigenvalue weighted by Crippen LogP contribution is -2.49. The summed E-state index contributed by atoms with van der Waals surface area (Å²) >= 11 is 1.50. The Hall–Kier alpha value is -2.99. The fourth-order valence-electron chi connectivity index (χ4n) is 3.82. The number of aromatic nitrogens is 1. The Labute approximate surface area is 172 Å². The Morgan fingerprint density at radius 1 is 0.966 bits per heavy atom. The number of carbonyl (C=O) groups is 1. The first-order valence-corrected chi connectivity index (χ1v) is 10.5. The van der Waals surface area contributed by atoms with Gasteiger partial charge in [-0.15, -0.1) is 0 Å². The number of hydrogen-bond donors (Lipinski definition) is 0. The number of para-hydroxylation sites is 1. The lowest BCUT2D eigenvalue weighted by atomic mass is 10.0. The minimum Gasteiger partial charge on any atom is -0.345 e. The van der Waals surface area contributed by atoms with Gasteiger partial charge in [-0.3, -0.25) is 4.79 Å². The van der Waals surface area contributed by atoms with Gasteiger partial charge >= 0.3 is 0 Å². The molecule has 0 atom stereocenters. The van der Waals surface area contributed by atoms with Crippen LogP contribution in [0.2, 0.25) is 0 Å². The second-order valence-corrected chi connectivity index (χ2v) is 8.32. The van der Waals surface area contributed by atoms with Crippen molar-refractivity contribution in [3.05, 3.63) is 72.0 Å². The predicted octanol–water partition coefficient (Wildman–Crippen LogP) is 4.48. The van der Waals surface area contributed by atoms with Gasteiger partial charge in [0, 0.05) is 26.2 Å². The third-order valence-corrected chi connectivity index (χ3v) is 6.51. The number of halogens is 1. The van der Waals surface area contributed by atoms with Crippen LogP contribution in [-0.2, 0) is 11.2 Å². The molecule has 1 aliphatic heterocycles. The highest BCUT2D eigenvalue weighted by Crippen LogP contribution is 2.30. The molecular formula is C23H20FN3OS. The van der Waals surface area contributed by atoms with Crippen LogP contribution in [0.3, 0.4) is 0 Å². The Morgan fingerprint density at radius 3 is 2.55 bits per heavy atom. The van der Waals surface area contributed by atoms with Crippen molar-refractivity contribution in [3.8, 4) is 0 Å². The average Bonchev–Trinajstić information content (AvgIpc) is 3.20. The largest absolute Gasteiger partial charge is 0.345 e. The van der Waals surface area contributed by atoms with Crippen molar-refractivity contribution in [1.82, 2.24) is 9.88 Å². The molecule has 0 N–H and O–H groups in total. The van der Waals surface area contributed by atoms with Gasteiger partial charge in [-0.05, 0) is 28.5 Å². The first-order valence-electron chi connectivity index (χ1n) is 9.73. The molecule has 2 heterocycles. The van der Waals surface area contributed by atoms with E-state index in [0.717, 1.165) is 20.8 Å². The Kier molecular flexibility index (Phi) is 4.64. The zero-order valence-corrected chi connectivity index (χ0v) is 16.7. The van der Waals surface area contributed by atoms with Gasteiger partial charge < -0.3 is 9.80 Å². The number of carbonyl (C=O) groups excluding carboxylic acids is 1. The predicted molar refractivity (Wildman–Crippen MR) is 116 cm³/mol. The Balaban J connectivity index is 1.24. The summed E-state index contributed by atoms with van der Waals surface area (Å²) in [6.45, 7) is 2.74. The Morgan fingerprint density at radius 2 is 1.76 bits per heavy atom. The van der Waals surface area contributed by atoms with E-state index in [1.54, 1.807) is 6.07 Å². The van der Waals surface area contributed by atoms with Gasteiger partial charge in [0.05, 0.1) is 11.1 Å². The molecule has 0 unspecified atom stereocenters. The maximum Gasteiger partial charge on any atom is 0.227 e. The number of fused-ring (bicyclic) bond motifs is 2. The van der Waals surface area contributed by atoms with E-state index in [0.29, 0.717) is 38.1 Å². The van der Waals surface area contributed by atoms with Gasteiger partial charge in [-0.25, -0.2) is 9.37 Å². The molecule has 4 aromatic rings. The van der Waals surface area contributed by atoms with Crippen LogP contribution in [0.1, 0.15) is 5.56 Å². The van der Waals surface area contributed by atoms with Crippen molar-refractivity contribution in [1.29, 1.82) is 0 Å². The zero-order valence-electron chi connectivity index (χ0n) is 15.8. The third-order valence-electron chi connectivity index (χ3n) is 5.43. The highest BCUT2D eigenvalue weighted by Gasteiger charge is 2.23. The van der Waals surface area contributed by atoms with Crippen LogP contribution in [0.25, 0.3) is 21.0 Å². The second-order valence-electron chi connectivity index (χ2n) is 7.31. The van der Waals surface area contributed by atoms with Crippen molar-refractivity contribution in [2.24, 2.45) is 0 Å². The van der Waals surface area contributed by atoms with Crippen molar-refractivity contribution in [2.75, 3.05) is 31.1 Å². The van der Waals surface area contributed by atoms with Gasteiger partial charge in [0.15, 0.2) is 5.13 Å². The average molecular weight is 405 g/mol. The molecule has 1 fully saturated rings. The van der Waals surface area contributed by atoms with Crippen molar-refractivity contribution >= 4 is 43.4 Å². The van der Waals surface area contributed by atoms with Gasteiger partial charge in [0.2, 0.25) is 5.91 Å². The van der Waals surface area contributed by atoms with E-state index < -0.39 is 0 Å². The molecule has 4 nitrogen and oxygen atoms in total. The van der Waals surface area contributed by atoms with E-state index >= 15 is 0 Å². The summed E-state index contributed by atoms with van der Waals surface area (Å²) in [6.07, 6.45) is 0.414. The summed E-state index contributed by atoms with van der Waals surface area (Å²) in [5.41, 5.74) is 1.47. The minimum atomic E-state index is -0.283. The second kappa shape index (κ2) is 7.44. The molecule has 0 bridgehead atoms. The molecule has 29 heavy (non-hydrogen) atoms. The standard InChI is InChI=1S/C23H20FN3OS/c24-19-6-3-7-20-22(19)25-23(29-20)27-12-10-26(11-13-27)21(28)15-16-8-9-17-4-1-2-5-18(17)14-16/h1-9,14H,10-13,15H2. The van der Waals surface area contributed by atoms with Crippen molar-refractivity contribution in [3.63, 3.8) is 0 Å². The smallest absolute Gasteiger partial charge is 0.227 e. The topological polar surface area (TPSA) is 36.4 Å². The number of hydrogen-bond acceptors (Lipinski definition) is 4. The summed E-state index contributed by atoms with van der Waals surface area (Å²) in [5, 5.41) is 3.17. The highest BCUT2D eigenvalue weighted by atomic mass is 32.1. The summed E-state index contributed by atoms with van der Waals surface area (Å²) in [4.78, 5) is 21.3. The number of nitrogens with zero attached hydrogens (tertiary/aromatic N) is 3. The van der Waals surface area contributed by atoms with Crippen molar-refractivity contribution in [2.45, 2.75) is 6.42 Å². The fourth-order valence-corrected chi connectivity index (χ4v) is 4.85. The first-order chi connectivity index (χ1) is 14.2. The summed E-state index contributed by atoms with van der Waals surface area (Å²) in [5.74, 6) is -0.135. The fraction of sp³-hybridized carbons (Fsp3) is 0.217. The molecule has 0 radical (unpaired) electrons. The van der Waals surface area contributed by atoms with Crippen LogP contribution < -0.4 is 4.90 Å². The van der Waals surface area contributed by atoms with Gasteiger partial charge in [0.1, 0.15) is 11.3 Å². The third kappa shape index (κ3) is 3.56. The number of amides is 1. The number of anilines is 1. The van der Waals surface area contributed by atoms with Crippen LogP contribution >= 0.6 is 11.3 Å². The molecular weight excluding hydrogens is 385 g/mol. The number of benzene rings is 3. The molecule has 146 valence electrons.